The lowest BCUT2D eigenvalue weighted by Crippen LogP contribution is -2.31. The summed E-state index contributed by atoms with van der Waals surface area (Å²) in [4.78, 5) is 25.4. The number of ether oxygens (including phenoxy) is 1. The summed E-state index contributed by atoms with van der Waals surface area (Å²) in [5.74, 6) is -0.547. The molecular weight excluding hydrogens is 429 g/mol. The Labute approximate surface area is 178 Å². The fourth-order valence-electron chi connectivity index (χ4n) is 3.24. The molecule has 3 heterocycles. The predicted octanol–water partition coefficient (Wildman–Crippen LogP) is 2.80. The average Bonchev–Trinajstić information content (AvgIpc) is 3.22. The highest BCUT2D eigenvalue weighted by Crippen LogP contribution is 2.32. The quantitative estimate of drug-likeness (QED) is 0.506. The Morgan fingerprint density at radius 2 is 2.00 bits per heavy atom. The Balaban J connectivity index is 1.70. The first-order valence-corrected chi connectivity index (χ1v) is 9.41. The van der Waals surface area contributed by atoms with Gasteiger partial charge in [0, 0.05) is 18.7 Å². The number of hydrogen-bond donors (Lipinski definition) is 1. The molecule has 0 saturated heterocycles. The van der Waals surface area contributed by atoms with Crippen LogP contribution in [0.4, 0.5) is 18.9 Å². The lowest BCUT2D eigenvalue weighted by Gasteiger charge is -2.16. The largest absolute Gasteiger partial charge is 0.416 e. The lowest BCUT2D eigenvalue weighted by atomic mass is 10.0. The number of amides is 1. The summed E-state index contributed by atoms with van der Waals surface area (Å²) in [5, 5.41) is 14.4. The van der Waals surface area contributed by atoms with E-state index in [0.29, 0.717) is 11.3 Å². The molecule has 166 valence electrons. The summed E-state index contributed by atoms with van der Waals surface area (Å²) < 4.78 is 47.2. The molecule has 4 rings (SSSR count). The van der Waals surface area contributed by atoms with Gasteiger partial charge in [-0.05, 0) is 37.3 Å². The minimum Gasteiger partial charge on any atom is -0.375 e. The molecule has 0 aliphatic carbocycles. The van der Waals surface area contributed by atoms with E-state index in [4.69, 9.17) is 4.74 Å². The number of rotatable bonds is 5. The summed E-state index contributed by atoms with van der Waals surface area (Å²) >= 11 is 0. The Bertz CT molecular complexity index is 1380. The zero-order chi connectivity index (χ0) is 23.0. The van der Waals surface area contributed by atoms with Crippen LogP contribution in [0.3, 0.4) is 0 Å². The van der Waals surface area contributed by atoms with E-state index < -0.39 is 35.9 Å². The zero-order valence-electron chi connectivity index (χ0n) is 16.9. The number of halogens is 3. The van der Waals surface area contributed by atoms with Gasteiger partial charge in [-0.3, -0.25) is 14.0 Å². The standard InChI is InChI=1S/C20H17F3N6O3/c1-11(32-2)18-15-7-12(20(21,22)23)3-5-14(15)19(31)29(27-18)9-17(30)25-13-4-6-16-26-24-10-28(16)8-13/h3-8,10-11H,9H2,1-2H3,(H,25,30). The molecule has 0 radical (unpaired) electrons. The number of carbonyl (C=O) groups excluding carboxylic acids is 1. The van der Waals surface area contributed by atoms with Gasteiger partial charge in [0.15, 0.2) is 5.65 Å². The molecule has 1 amide bonds. The molecule has 1 aromatic carbocycles. The summed E-state index contributed by atoms with van der Waals surface area (Å²) in [6.07, 6.45) is -2.23. The molecule has 9 nitrogen and oxygen atoms in total. The van der Waals surface area contributed by atoms with Crippen LogP contribution < -0.4 is 10.9 Å². The van der Waals surface area contributed by atoms with E-state index >= 15 is 0 Å². The van der Waals surface area contributed by atoms with Gasteiger partial charge < -0.3 is 10.1 Å². The average molecular weight is 446 g/mol. The number of fused-ring (bicyclic) bond motifs is 2. The third-order valence-electron chi connectivity index (χ3n) is 4.92. The Morgan fingerprint density at radius 1 is 1.22 bits per heavy atom. The van der Waals surface area contributed by atoms with Gasteiger partial charge >= 0.3 is 6.18 Å². The van der Waals surface area contributed by atoms with Gasteiger partial charge in [0.1, 0.15) is 12.9 Å². The van der Waals surface area contributed by atoms with Crippen LogP contribution in [0.1, 0.15) is 24.3 Å². The molecule has 0 fully saturated rings. The zero-order valence-corrected chi connectivity index (χ0v) is 16.9. The van der Waals surface area contributed by atoms with E-state index in [9.17, 15) is 22.8 Å². The number of anilines is 1. The first-order chi connectivity index (χ1) is 15.2. The van der Waals surface area contributed by atoms with Crippen LogP contribution in [-0.4, -0.2) is 37.4 Å². The molecule has 0 saturated carbocycles. The van der Waals surface area contributed by atoms with Gasteiger partial charge in [-0.15, -0.1) is 10.2 Å². The molecule has 32 heavy (non-hydrogen) atoms. The van der Waals surface area contributed by atoms with Crippen molar-refractivity contribution >= 4 is 28.0 Å². The first-order valence-electron chi connectivity index (χ1n) is 9.41. The third kappa shape index (κ3) is 4.04. The van der Waals surface area contributed by atoms with Crippen molar-refractivity contribution in [1.82, 2.24) is 24.4 Å². The van der Waals surface area contributed by atoms with Gasteiger partial charge in [0.2, 0.25) is 5.91 Å². The molecule has 1 atom stereocenters. The second kappa shape index (κ2) is 8.04. The maximum Gasteiger partial charge on any atom is 0.416 e. The van der Waals surface area contributed by atoms with E-state index in [0.717, 1.165) is 22.9 Å². The molecule has 12 heteroatoms. The van der Waals surface area contributed by atoms with Gasteiger partial charge in [0.05, 0.1) is 28.4 Å². The monoisotopic (exact) mass is 446 g/mol. The number of alkyl halides is 3. The van der Waals surface area contributed by atoms with Gasteiger partial charge in [-0.2, -0.15) is 18.3 Å². The maximum atomic E-state index is 13.2. The van der Waals surface area contributed by atoms with Crippen LogP contribution >= 0.6 is 0 Å². The Kier molecular flexibility index (Phi) is 5.38. The third-order valence-corrected chi connectivity index (χ3v) is 4.92. The van der Waals surface area contributed by atoms with E-state index in [2.05, 4.69) is 20.6 Å². The first kappa shape index (κ1) is 21.4. The van der Waals surface area contributed by atoms with Crippen molar-refractivity contribution in [3.8, 4) is 0 Å². The summed E-state index contributed by atoms with van der Waals surface area (Å²) in [6, 6.07) is 6.05. The molecule has 1 N–H and O–H groups in total. The number of methoxy groups -OCH3 is 1. The van der Waals surface area contributed by atoms with Crippen LogP contribution in [0.15, 0.2) is 47.7 Å². The number of nitrogens with one attached hydrogen (secondary N) is 1. The number of nitrogens with zero attached hydrogens (tertiary/aromatic N) is 5. The molecule has 0 aliphatic heterocycles. The lowest BCUT2D eigenvalue weighted by molar-refractivity contribution is -0.137. The number of pyridine rings is 1. The Morgan fingerprint density at radius 3 is 2.72 bits per heavy atom. The van der Waals surface area contributed by atoms with E-state index in [1.165, 1.54) is 13.4 Å². The fourth-order valence-corrected chi connectivity index (χ4v) is 3.24. The van der Waals surface area contributed by atoms with Crippen LogP contribution in [-0.2, 0) is 22.3 Å². The van der Waals surface area contributed by atoms with Crippen molar-refractivity contribution in [2.45, 2.75) is 25.7 Å². The molecule has 0 spiro atoms. The van der Waals surface area contributed by atoms with Gasteiger partial charge in [-0.25, -0.2) is 4.68 Å². The normalized spacial score (nSPS) is 12.9. The number of benzene rings is 1. The maximum absolute atomic E-state index is 13.2. The molecule has 4 aromatic rings. The van der Waals surface area contributed by atoms with Crippen LogP contribution in [0, 0.1) is 0 Å². The van der Waals surface area contributed by atoms with E-state index in [1.807, 2.05) is 0 Å². The smallest absolute Gasteiger partial charge is 0.375 e. The van der Waals surface area contributed by atoms with Crippen molar-refractivity contribution in [2.75, 3.05) is 12.4 Å². The highest BCUT2D eigenvalue weighted by molar-refractivity contribution is 5.91. The van der Waals surface area contributed by atoms with Crippen LogP contribution in [0.25, 0.3) is 16.4 Å². The highest BCUT2D eigenvalue weighted by atomic mass is 19.4. The predicted molar refractivity (Wildman–Crippen MR) is 108 cm³/mol. The number of aromatic nitrogens is 5. The molecule has 1 unspecified atom stereocenters. The van der Waals surface area contributed by atoms with Crippen molar-refractivity contribution in [1.29, 1.82) is 0 Å². The second-order valence-electron chi connectivity index (χ2n) is 7.05. The van der Waals surface area contributed by atoms with E-state index in [1.54, 1.807) is 29.7 Å². The topological polar surface area (TPSA) is 103 Å². The van der Waals surface area contributed by atoms with Gasteiger partial charge in [-0.1, -0.05) is 0 Å². The van der Waals surface area contributed by atoms with E-state index in [-0.39, 0.29) is 16.5 Å². The number of carbonyl (C=O) groups is 1. The minimum atomic E-state index is -4.58. The number of hydrogen-bond acceptors (Lipinski definition) is 6. The fraction of sp³-hybridized carbons (Fsp3) is 0.250. The van der Waals surface area contributed by atoms with Crippen LogP contribution in [0.5, 0.6) is 0 Å². The summed E-state index contributed by atoms with van der Waals surface area (Å²) in [5.41, 5.74) is -0.448. The van der Waals surface area contributed by atoms with Crippen LogP contribution in [0.2, 0.25) is 0 Å². The van der Waals surface area contributed by atoms with Crippen molar-refractivity contribution in [3.05, 3.63) is 64.5 Å². The Hall–Kier alpha value is -3.80. The molecular formula is C20H17F3N6O3. The van der Waals surface area contributed by atoms with Gasteiger partial charge in [0.25, 0.3) is 5.56 Å². The summed E-state index contributed by atoms with van der Waals surface area (Å²) in [6.45, 7) is 1.14. The van der Waals surface area contributed by atoms with Crippen molar-refractivity contribution < 1.29 is 22.7 Å². The molecule has 0 bridgehead atoms. The second-order valence-corrected chi connectivity index (χ2v) is 7.05. The van der Waals surface area contributed by atoms with Crippen molar-refractivity contribution in [2.24, 2.45) is 0 Å². The minimum absolute atomic E-state index is 0.00519. The molecule has 0 aliphatic rings. The molecule has 3 aromatic heterocycles. The highest BCUT2D eigenvalue weighted by Gasteiger charge is 2.31. The summed E-state index contributed by atoms with van der Waals surface area (Å²) in [7, 11) is 1.37. The SMILES string of the molecule is COC(C)c1nn(CC(=O)Nc2ccc3nncn3c2)c(=O)c2ccc(C(F)(F)F)cc12. The van der Waals surface area contributed by atoms with Crippen molar-refractivity contribution in [3.63, 3.8) is 0 Å².